The van der Waals surface area contributed by atoms with Crippen LogP contribution in [0.2, 0.25) is 0 Å². The molecule has 7 nitrogen and oxygen atoms in total. The maximum Gasteiger partial charge on any atom is 0.316 e. The van der Waals surface area contributed by atoms with Gasteiger partial charge in [0.2, 0.25) is 0 Å². The first kappa shape index (κ1) is 22.2. The van der Waals surface area contributed by atoms with Crippen LogP contribution in [0.5, 0.6) is 0 Å². The number of pyridine rings is 2. The number of rotatable bonds is 8. The number of dihydropyridines is 1. The van der Waals surface area contributed by atoms with Crippen molar-refractivity contribution in [1.29, 1.82) is 0 Å². The smallest absolute Gasteiger partial charge is 0.316 e. The monoisotopic (exact) mass is 419 g/mol. The van der Waals surface area contributed by atoms with Gasteiger partial charge in [-0.25, -0.2) is 0 Å². The second-order valence-corrected chi connectivity index (χ2v) is 7.75. The Morgan fingerprint density at radius 1 is 0.968 bits per heavy atom. The summed E-state index contributed by atoms with van der Waals surface area (Å²) in [5, 5.41) is 10.4. The Labute approximate surface area is 181 Å². The van der Waals surface area contributed by atoms with Crippen LogP contribution in [-0.2, 0) is 4.79 Å². The SMILES string of the molecule is CCC1(C(=O)O)C=CC=NC1(C(C)C(=O)c1cccnc1)C(C)C(=O)c1cccnc1. The summed E-state index contributed by atoms with van der Waals surface area (Å²) < 4.78 is 0. The highest BCUT2D eigenvalue weighted by Crippen LogP contribution is 2.52. The molecule has 0 amide bonds. The fraction of sp³-hybridized carbons (Fsp3) is 0.333. The third-order valence-electron chi connectivity index (χ3n) is 6.41. The lowest BCUT2D eigenvalue weighted by molar-refractivity contribution is -0.152. The lowest BCUT2D eigenvalue weighted by atomic mass is 9.54. The largest absolute Gasteiger partial charge is 0.481 e. The van der Waals surface area contributed by atoms with Crippen LogP contribution in [0.1, 0.15) is 47.9 Å². The molecule has 1 N–H and O–H groups in total. The summed E-state index contributed by atoms with van der Waals surface area (Å²) in [6, 6.07) is 6.55. The molecule has 0 saturated carbocycles. The van der Waals surface area contributed by atoms with Gasteiger partial charge in [0.1, 0.15) is 5.41 Å². The minimum absolute atomic E-state index is 0.158. The number of ketones is 2. The summed E-state index contributed by atoms with van der Waals surface area (Å²) in [6.07, 6.45) is 10.8. The Morgan fingerprint density at radius 3 is 1.87 bits per heavy atom. The lowest BCUT2D eigenvalue weighted by Crippen LogP contribution is -2.62. The van der Waals surface area contributed by atoms with E-state index in [-0.39, 0.29) is 18.0 Å². The molecule has 3 heterocycles. The molecule has 0 saturated heterocycles. The topological polar surface area (TPSA) is 110 Å². The summed E-state index contributed by atoms with van der Waals surface area (Å²) in [7, 11) is 0. The van der Waals surface area contributed by atoms with Gasteiger partial charge in [-0.3, -0.25) is 29.3 Å². The molecular weight excluding hydrogens is 394 g/mol. The number of Topliss-reactive ketones (excluding diaryl/α,β-unsaturated/α-hetero) is 2. The van der Waals surface area contributed by atoms with E-state index in [4.69, 9.17) is 0 Å². The molecule has 0 radical (unpaired) electrons. The fourth-order valence-corrected chi connectivity index (χ4v) is 4.71. The van der Waals surface area contributed by atoms with Gasteiger partial charge < -0.3 is 5.11 Å². The summed E-state index contributed by atoms with van der Waals surface area (Å²) in [6.45, 7) is 5.02. The van der Waals surface area contributed by atoms with Gasteiger partial charge in [-0.2, -0.15) is 0 Å². The van der Waals surface area contributed by atoms with E-state index >= 15 is 0 Å². The number of aliphatic imine (C=N–C) groups is 1. The van der Waals surface area contributed by atoms with E-state index in [0.29, 0.717) is 11.1 Å². The molecule has 0 bridgehead atoms. The molecule has 1 aliphatic heterocycles. The molecule has 3 rings (SSSR count). The summed E-state index contributed by atoms with van der Waals surface area (Å²) in [5.41, 5.74) is -2.40. The van der Waals surface area contributed by atoms with E-state index in [9.17, 15) is 19.5 Å². The molecule has 31 heavy (non-hydrogen) atoms. The maximum absolute atomic E-state index is 13.5. The molecule has 2 aromatic rings. The van der Waals surface area contributed by atoms with Crippen molar-refractivity contribution >= 4 is 23.8 Å². The van der Waals surface area contributed by atoms with Crippen LogP contribution in [0.25, 0.3) is 0 Å². The highest BCUT2D eigenvalue weighted by Gasteiger charge is 2.63. The number of nitrogens with zero attached hydrogens (tertiary/aromatic N) is 3. The normalized spacial score (nSPS) is 24.4. The first-order valence-electron chi connectivity index (χ1n) is 10.2. The third-order valence-corrected chi connectivity index (χ3v) is 6.41. The number of carboxylic acids is 1. The zero-order valence-corrected chi connectivity index (χ0v) is 17.7. The van der Waals surface area contributed by atoms with Crippen LogP contribution in [-0.4, -0.2) is 44.4 Å². The quantitative estimate of drug-likeness (QED) is 0.654. The average Bonchev–Trinajstić information content (AvgIpc) is 2.82. The number of carbonyl (C=O) groups is 3. The molecule has 7 heteroatoms. The van der Waals surface area contributed by atoms with E-state index in [2.05, 4.69) is 15.0 Å². The van der Waals surface area contributed by atoms with Gasteiger partial charge in [-0.05, 0) is 36.8 Å². The average molecular weight is 419 g/mol. The Kier molecular flexibility index (Phi) is 6.24. The second kappa shape index (κ2) is 8.71. The first-order valence-corrected chi connectivity index (χ1v) is 10.2. The summed E-state index contributed by atoms with van der Waals surface area (Å²) in [5.74, 6) is -3.58. The highest BCUT2D eigenvalue weighted by molar-refractivity contribution is 6.03. The van der Waals surface area contributed by atoms with Crippen molar-refractivity contribution in [2.45, 2.75) is 32.7 Å². The van der Waals surface area contributed by atoms with Crippen LogP contribution in [0.3, 0.4) is 0 Å². The number of carbonyl (C=O) groups excluding carboxylic acids is 2. The number of carboxylic acid groups (broad SMARTS) is 1. The zero-order chi connectivity index (χ0) is 22.6. The molecule has 0 fully saturated rings. The number of hydrogen-bond donors (Lipinski definition) is 1. The number of aliphatic carboxylic acids is 1. The van der Waals surface area contributed by atoms with E-state index in [1.807, 2.05) is 0 Å². The molecule has 3 unspecified atom stereocenters. The van der Waals surface area contributed by atoms with E-state index < -0.39 is 28.8 Å². The molecule has 1 aliphatic rings. The number of allylic oxidation sites excluding steroid dienone is 1. The third kappa shape index (κ3) is 3.50. The van der Waals surface area contributed by atoms with Crippen molar-refractivity contribution in [3.05, 3.63) is 72.3 Å². The van der Waals surface area contributed by atoms with Crippen molar-refractivity contribution in [2.24, 2.45) is 22.2 Å². The van der Waals surface area contributed by atoms with E-state index in [1.165, 1.54) is 18.6 Å². The van der Waals surface area contributed by atoms with Crippen LogP contribution in [0.4, 0.5) is 0 Å². The van der Waals surface area contributed by atoms with E-state index in [0.717, 1.165) is 0 Å². The molecule has 2 aromatic heterocycles. The van der Waals surface area contributed by atoms with Crippen LogP contribution in [0, 0.1) is 17.3 Å². The molecule has 0 spiro atoms. The van der Waals surface area contributed by atoms with Crippen molar-refractivity contribution in [2.75, 3.05) is 0 Å². The molecule has 0 aromatic carbocycles. The van der Waals surface area contributed by atoms with Crippen LogP contribution >= 0.6 is 0 Å². The Balaban J connectivity index is 2.22. The van der Waals surface area contributed by atoms with Crippen LogP contribution in [0.15, 0.2) is 66.2 Å². The molecule has 160 valence electrons. The summed E-state index contributed by atoms with van der Waals surface area (Å²) >= 11 is 0. The minimum Gasteiger partial charge on any atom is -0.481 e. The van der Waals surface area contributed by atoms with Gasteiger partial charge in [0.15, 0.2) is 11.6 Å². The van der Waals surface area contributed by atoms with E-state index in [1.54, 1.807) is 69.6 Å². The Bertz CT molecular complexity index is 976. The van der Waals surface area contributed by atoms with Gasteiger partial charge >= 0.3 is 5.97 Å². The second-order valence-electron chi connectivity index (χ2n) is 7.75. The highest BCUT2D eigenvalue weighted by atomic mass is 16.4. The lowest BCUT2D eigenvalue weighted by Gasteiger charge is -2.50. The van der Waals surface area contributed by atoms with Gasteiger partial charge in [0.25, 0.3) is 0 Å². The zero-order valence-electron chi connectivity index (χ0n) is 17.7. The fourth-order valence-electron chi connectivity index (χ4n) is 4.71. The van der Waals surface area contributed by atoms with Gasteiger partial charge in [-0.1, -0.05) is 26.8 Å². The van der Waals surface area contributed by atoms with Gasteiger partial charge in [-0.15, -0.1) is 0 Å². The molecular formula is C24H25N3O4. The van der Waals surface area contributed by atoms with Crippen LogP contribution < -0.4 is 0 Å². The molecule has 0 aliphatic carbocycles. The molecule has 3 atom stereocenters. The number of aromatic nitrogens is 2. The van der Waals surface area contributed by atoms with Gasteiger partial charge in [0.05, 0.1) is 5.54 Å². The minimum atomic E-state index is -1.55. The van der Waals surface area contributed by atoms with Crippen molar-refractivity contribution in [3.63, 3.8) is 0 Å². The predicted molar refractivity (Wildman–Crippen MR) is 116 cm³/mol. The predicted octanol–water partition coefficient (Wildman–Crippen LogP) is 3.67. The Hall–Kier alpha value is -3.48. The van der Waals surface area contributed by atoms with Gasteiger partial charge in [0, 0.05) is 54.0 Å². The van der Waals surface area contributed by atoms with Crippen molar-refractivity contribution < 1.29 is 19.5 Å². The summed E-state index contributed by atoms with van der Waals surface area (Å²) in [4.78, 5) is 52.3. The Morgan fingerprint density at radius 2 is 1.48 bits per heavy atom. The van der Waals surface area contributed by atoms with Crippen molar-refractivity contribution in [1.82, 2.24) is 9.97 Å². The number of hydrogen-bond acceptors (Lipinski definition) is 6. The standard InChI is InChI=1S/C24H25N3O4/c1-4-23(22(30)31)10-7-13-27-24(23,16(2)20(28)18-8-5-11-25-14-18)17(3)21(29)19-9-6-12-26-15-19/h5-17H,4H2,1-3H3,(H,30,31). The first-order chi connectivity index (χ1) is 14.8. The maximum atomic E-state index is 13.5. The van der Waals surface area contributed by atoms with Crippen molar-refractivity contribution in [3.8, 4) is 0 Å².